The highest BCUT2D eigenvalue weighted by Gasteiger charge is 2.44. The van der Waals surface area contributed by atoms with E-state index < -0.39 is 15.4 Å². The number of sulfone groups is 1. The van der Waals surface area contributed by atoms with Gasteiger partial charge in [0.2, 0.25) is 0 Å². The Morgan fingerprint density at radius 1 is 1.21 bits per heavy atom. The molecule has 0 bridgehead atoms. The van der Waals surface area contributed by atoms with Crippen LogP contribution in [0.2, 0.25) is 0 Å². The lowest BCUT2D eigenvalue weighted by molar-refractivity contribution is -0.00829. The van der Waals surface area contributed by atoms with Gasteiger partial charge < -0.3 is 14.4 Å². The number of benzene rings is 1. The van der Waals surface area contributed by atoms with Crippen LogP contribution in [0.5, 0.6) is 5.75 Å². The van der Waals surface area contributed by atoms with Crippen molar-refractivity contribution in [1.82, 2.24) is 9.88 Å². The Balaban J connectivity index is 1.49. The maximum absolute atomic E-state index is 12.4. The summed E-state index contributed by atoms with van der Waals surface area (Å²) in [4.78, 5) is 19.0. The summed E-state index contributed by atoms with van der Waals surface area (Å²) in [5.41, 5.74) is 1.36. The molecule has 0 unspecified atom stereocenters. The molecular weight excluding hydrogens is 440 g/mol. The van der Waals surface area contributed by atoms with Gasteiger partial charge in [0.15, 0.2) is 9.84 Å². The van der Waals surface area contributed by atoms with E-state index >= 15 is 0 Å². The third-order valence-electron chi connectivity index (χ3n) is 6.41. The third kappa shape index (κ3) is 5.00. The summed E-state index contributed by atoms with van der Waals surface area (Å²) in [6, 6.07) is 8.88. The molecule has 1 atom stereocenters. The average Bonchev–Trinajstić information content (AvgIpc) is 3.08. The van der Waals surface area contributed by atoms with Gasteiger partial charge in [0.05, 0.1) is 16.8 Å². The van der Waals surface area contributed by atoms with Gasteiger partial charge in [-0.25, -0.2) is 13.2 Å². The molecule has 0 aliphatic carbocycles. The molecule has 2 aliphatic heterocycles. The van der Waals surface area contributed by atoms with E-state index in [1.165, 1.54) is 6.26 Å². The lowest BCUT2D eigenvalue weighted by atomic mass is 9.79. The highest BCUT2D eigenvalue weighted by molar-refractivity contribution is 7.90. The maximum atomic E-state index is 12.4. The topological polar surface area (TPSA) is 85.8 Å². The van der Waals surface area contributed by atoms with Crippen molar-refractivity contribution in [2.75, 3.05) is 19.3 Å². The minimum Gasteiger partial charge on any atom is -0.485 e. The number of carbonyl (C=O) groups excluding carboxylic acids is 1. The Hall–Kier alpha value is -2.61. The van der Waals surface area contributed by atoms with Gasteiger partial charge in [-0.15, -0.1) is 0 Å². The van der Waals surface area contributed by atoms with Gasteiger partial charge in [0.1, 0.15) is 17.0 Å². The van der Waals surface area contributed by atoms with Gasteiger partial charge in [-0.1, -0.05) is 18.2 Å². The zero-order chi connectivity index (χ0) is 24.0. The number of nitrogens with zero attached hydrogens (tertiary/aromatic N) is 2. The highest BCUT2D eigenvalue weighted by atomic mass is 32.2. The summed E-state index contributed by atoms with van der Waals surface area (Å²) in [5.74, 6) is 1.03. The molecule has 1 saturated heterocycles. The zero-order valence-corrected chi connectivity index (χ0v) is 20.7. The Labute approximate surface area is 196 Å². The molecule has 1 aromatic carbocycles. The summed E-state index contributed by atoms with van der Waals surface area (Å²) >= 11 is 0. The van der Waals surface area contributed by atoms with Crippen molar-refractivity contribution in [3.05, 3.63) is 42.1 Å². The normalized spacial score (nSPS) is 21.4. The molecule has 33 heavy (non-hydrogen) atoms. The summed E-state index contributed by atoms with van der Waals surface area (Å²) < 4.78 is 36.4. The van der Waals surface area contributed by atoms with E-state index in [1.54, 1.807) is 29.3 Å². The second kappa shape index (κ2) is 8.31. The molecule has 7 nitrogen and oxygen atoms in total. The number of amides is 1. The molecular formula is C25H32N2O5S. The first-order valence-electron chi connectivity index (χ1n) is 11.3. The first kappa shape index (κ1) is 23.5. The molecule has 1 fully saturated rings. The molecule has 1 amide bonds. The minimum absolute atomic E-state index is 0.264. The van der Waals surface area contributed by atoms with Crippen molar-refractivity contribution < 1.29 is 22.7 Å². The molecule has 0 spiro atoms. The van der Waals surface area contributed by atoms with Gasteiger partial charge in [-0.2, -0.15) is 0 Å². The lowest BCUT2D eigenvalue weighted by Gasteiger charge is -2.40. The van der Waals surface area contributed by atoms with E-state index in [0.29, 0.717) is 24.3 Å². The van der Waals surface area contributed by atoms with Gasteiger partial charge in [0.25, 0.3) is 0 Å². The summed E-state index contributed by atoms with van der Waals surface area (Å²) in [5, 5.41) is 0. The number of rotatable bonds is 3. The Morgan fingerprint density at radius 3 is 2.52 bits per heavy atom. The summed E-state index contributed by atoms with van der Waals surface area (Å²) in [7, 11) is -3.37. The Kier molecular flexibility index (Phi) is 5.93. The van der Waals surface area contributed by atoms with Gasteiger partial charge >= 0.3 is 6.09 Å². The van der Waals surface area contributed by atoms with Crippen LogP contribution in [-0.2, 0) is 21.0 Å². The first-order chi connectivity index (χ1) is 15.4. The van der Waals surface area contributed by atoms with Crippen molar-refractivity contribution in [3.8, 4) is 17.0 Å². The van der Waals surface area contributed by atoms with E-state index in [-0.39, 0.29) is 22.5 Å². The first-order valence-corrected chi connectivity index (χ1v) is 13.2. The predicted octanol–water partition coefficient (Wildman–Crippen LogP) is 4.49. The molecule has 178 valence electrons. The van der Waals surface area contributed by atoms with Crippen molar-refractivity contribution in [2.24, 2.45) is 5.92 Å². The number of ether oxygens (including phenoxy) is 2. The Bertz CT molecular complexity index is 1160. The summed E-state index contributed by atoms with van der Waals surface area (Å²) in [6.07, 6.45) is 5.03. The molecule has 0 saturated carbocycles. The molecule has 4 rings (SSSR count). The lowest BCUT2D eigenvalue weighted by Crippen LogP contribution is -2.48. The fourth-order valence-corrected chi connectivity index (χ4v) is 5.65. The average molecular weight is 473 g/mol. The van der Waals surface area contributed by atoms with E-state index in [4.69, 9.17) is 9.47 Å². The van der Waals surface area contributed by atoms with E-state index in [9.17, 15) is 13.2 Å². The van der Waals surface area contributed by atoms with Crippen molar-refractivity contribution >= 4 is 15.9 Å². The largest absolute Gasteiger partial charge is 0.485 e. The van der Waals surface area contributed by atoms with Crippen molar-refractivity contribution in [1.29, 1.82) is 0 Å². The fourth-order valence-electron chi connectivity index (χ4n) is 4.76. The van der Waals surface area contributed by atoms with Crippen LogP contribution in [-0.4, -0.2) is 54.9 Å². The number of pyridine rings is 1. The van der Waals surface area contributed by atoms with E-state index in [1.807, 2.05) is 32.9 Å². The van der Waals surface area contributed by atoms with Gasteiger partial charge in [-0.05, 0) is 52.7 Å². The molecule has 2 aliphatic rings. The van der Waals surface area contributed by atoms with E-state index in [2.05, 4.69) is 11.9 Å². The van der Waals surface area contributed by atoms with Crippen LogP contribution in [0.4, 0.5) is 4.79 Å². The number of hydrogen-bond acceptors (Lipinski definition) is 6. The standard InChI is InChI=1S/C25H32N2O5S/c1-24(2,3)32-23(28)27-12-10-18(11-13-27)25(4)15-17-14-20(26-16-21(17)31-25)19-8-6-7-9-22(19)33(5,29)30/h6-9,14,16,18H,10-13,15H2,1-5H3/t25-/m0/s1. The fraction of sp³-hybridized carbons (Fsp3) is 0.520. The monoisotopic (exact) mass is 472 g/mol. The maximum Gasteiger partial charge on any atom is 0.410 e. The number of hydrogen-bond donors (Lipinski definition) is 0. The van der Waals surface area contributed by atoms with E-state index in [0.717, 1.165) is 30.6 Å². The van der Waals surface area contributed by atoms with Crippen LogP contribution >= 0.6 is 0 Å². The molecule has 2 aromatic rings. The Morgan fingerprint density at radius 2 is 1.88 bits per heavy atom. The number of aromatic nitrogens is 1. The van der Waals surface area contributed by atoms with Gasteiger partial charge in [0, 0.05) is 42.8 Å². The van der Waals surface area contributed by atoms with Crippen molar-refractivity contribution in [3.63, 3.8) is 0 Å². The molecule has 3 heterocycles. The number of fused-ring (bicyclic) bond motifs is 1. The number of likely N-dealkylation sites (tertiary alicyclic amines) is 1. The van der Waals surface area contributed by atoms with Gasteiger partial charge in [-0.3, -0.25) is 4.98 Å². The number of carbonyl (C=O) groups is 1. The van der Waals surface area contributed by atoms with Crippen LogP contribution in [0.3, 0.4) is 0 Å². The smallest absolute Gasteiger partial charge is 0.410 e. The SMILES string of the molecule is CC(C)(C)OC(=O)N1CCC([C@]2(C)Cc3cc(-c4ccccc4S(C)(=O)=O)ncc3O2)CC1. The predicted molar refractivity (Wildman–Crippen MR) is 126 cm³/mol. The second-order valence-corrected chi connectivity index (χ2v) is 12.3. The van der Waals surface area contributed by atoms with Crippen LogP contribution in [0.25, 0.3) is 11.3 Å². The molecule has 8 heteroatoms. The van der Waals surface area contributed by atoms with Crippen LogP contribution in [0.1, 0.15) is 46.1 Å². The van der Waals surface area contributed by atoms with Crippen LogP contribution < -0.4 is 4.74 Å². The minimum atomic E-state index is -3.37. The van der Waals surface area contributed by atoms with Crippen LogP contribution in [0, 0.1) is 5.92 Å². The number of piperidine rings is 1. The zero-order valence-electron chi connectivity index (χ0n) is 19.9. The second-order valence-electron chi connectivity index (χ2n) is 10.3. The molecule has 0 N–H and O–H groups in total. The quantitative estimate of drug-likeness (QED) is 0.654. The third-order valence-corrected chi connectivity index (χ3v) is 7.56. The highest BCUT2D eigenvalue weighted by Crippen LogP contribution is 2.43. The van der Waals surface area contributed by atoms with Crippen LogP contribution in [0.15, 0.2) is 41.4 Å². The molecule has 0 radical (unpaired) electrons. The summed E-state index contributed by atoms with van der Waals surface area (Å²) in [6.45, 7) is 9.02. The van der Waals surface area contributed by atoms with Crippen molar-refractivity contribution in [2.45, 2.75) is 63.1 Å². The molecule has 1 aromatic heterocycles.